The van der Waals surface area contributed by atoms with Crippen molar-refractivity contribution in [3.8, 4) is 22.8 Å². The smallest absolute Gasteiger partial charge is 0.252 e. The maximum absolute atomic E-state index is 13.0. The molecule has 28 heavy (non-hydrogen) atoms. The zero-order valence-electron chi connectivity index (χ0n) is 15.1. The van der Waals surface area contributed by atoms with E-state index in [-0.39, 0.29) is 17.8 Å². The van der Waals surface area contributed by atoms with Gasteiger partial charge in [-0.25, -0.2) is 4.39 Å². The van der Waals surface area contributed by atoms with E-state index < -0.39 is 0 Å². The highest BCUT2D eigenvalue weighted by Gasteiger charge is 2.20. The largest absolute Gasteiger partial charge is 0.486 e. The second-order valence-corrected chi connectivity index (χ2v) is 6.48. The number of halogens is 1. The van der Waals surface area contributed by atoms with Crippen LogP contribution in [0.3, 0.4) is 0 Å². The molecule has 0 saturated heterocycles. The highest BCUT2D eigenvalue weighted by atomic mass is 19.1. The molecule has 5 nitrogen and oxygen atoms in total. The summed E-state index contributed by atoms with van der Waals surface area (Å²) < 4.78 is 24.6. The number of carbonyl (C=O) groups excluding carboxylic acids is 1. The second-order valence-electron chi connectivity index (χ2n) is 6.48. The van der Waals surface area contributed by atoms with E-state index in [2.05, 4.69) is 10.3 Å². The van der Waals surface area contributed by atoms with Crippen molar-refractivity contribution in [3.05, 3.63) is 78.2 Å². The van der Waals surface area contributed by atoms with Crippen molar-refractivity contribution in [2.75, 3.05) is 13.2 Å². The Hall–Kier alpha value is -3.41. The summed E-state index contributed by atoms with van der Waals surface area (Å²) in [6.45, 7) is 0.926. The fraction of sp³-hybridized carbons (Fsp3) is 0.182. The number of rotatable bonds is 5. The molecule has 2 heterocycles. The Morgan fingerprint density at radius 3 is 2.61 bits per heavy atom. The van der Waals surface area contributed by atoms with Gasteiger partial charge in [-0.1, -0.05) is 12.1 Å². The zero-order chi connectivity index (χ0) is 19.3. The van der Waals surface area contributed by atoms with Gasteiger partial charge in [0.1, 0.15) is 18.5 Å². The van der Waals surface area contributed by atoms with Gasteiger partial charge in [0.15, 0.2) is 11.5 Å². The minimum Gasteiger partial charge on any atom is -0.486 e. The average Bonchev–Trinajstić information content (AvgIpc) is 2.74. The van der Waals surface area contributed by atoms with E-state index in [1.807, 2.05) is 24.3 Å². The standard InChI is InChI=1S/C22H19FN2O3/c23-17-8-5-15(6-9-17)19-10-7-16(13-25-19)22(26)24-12-11-18-14-27-20-3-1-2-4-21(20)28-18/h1-10,13,18H,11-12,14H2,(H,24,26)/t18-/m1/s1. The van der Waals surface area contributed by atoms with Crippen molar-refractivity contribution in [2.45, 2.75) is 12.5 Å². The molecule has 0 aliphatic carbocycles. The van der Waals surface area contributed by atoms with Crippen LogP contribution in [0.2, 0.25) is 0 Å². The summed E-state index contributed by atoms with van der Waals surface area (Å²) in [5.41, 5.74) is 1.95. The Balaban J connectivity index is 1.29. The van der Waals surface area contributed by atoms with E-state index in [1.165, 1.54) is 18.3 Å². The number of pyridine rings is 1. The minimum absolute atomic E-state index is 0.103. The first-order chi connectivity index (χ1) is 13.7. The summed E-state index contributed by atoms with van der Waals surface area (Å²) in [5.74, 6) is 0.978. The number of aromatic nitrogens is 1. The van der Waals surface area contributed by atoms with Crippen molar-refractivity contribution in [3.63, 3.8) is 0 Å². The van der Waals surface area contributed by atoms with Crippen LogP contribution in [0.5, 0.6) is 11.5 Å². The normalized spacial score (nSPS) is 15.1. The first-order valence-corrected chi connectivity index (χ1v) is 9.08. The molecular weight excluding hydrogens is 359 g/mol. The number of hydrogen-bond acceptors (Lipinski definition) is 4. The molecular formula is C22H19FN2O3. The maximum atomic E-state index is 13.0. The molecule has 0 radical (unpaired) electrons. The summed E-state index contributed by atoms with van der Waals surface area (Å²) in [5, 5.41) is 2.87. The highest BCUT2D eigenvalue weighted by Crippen LogP contribution is 2.31. The topological polar surface area (TPSA) is 60.5 Å². The van der Waals surface area contributed by atoms with Gasteiger partial charge in [-0.2, -0.15) is 0 Å². The molecule has 1 aliphatic heterocycles. The molecule has 1 atom stereocenters. The van der Waals surface area contributed by atoms with Crippen LogP contribution in [-0.2, 0) is 0 Å². The van der Waals surface area contributed by atoms with Crippen LogP contribution in [0.1, 0.15) is 16.8 Å². The van der Waals surface area contributed by atoms with Crippen molar-refractivity contribution in [1.82, 2.24) is 10.3 Å². The van der Waals surface area contributed by atoms with Gasteiger partial charge in [-0.15, -0.1) is 0 Å². The van der Waals surface area contributed by atoms with Crippen LogP contribution < -0.4 is 14.8 Å². The van der Waals surface area contributed by atoms with Gasteiger partial charge in [-0.05, 0) is 48.5 Å². The summed E-state index contributed by atoms with van der Waals surface area (Å²) in [7, 11) is 0. The molecule has 6 heteroatoms. The lowest BCUT2D eigenvalue weighted by Gasteiger charge is -2.26. The number of amides is 1. The predicted molar refractivity (Wildman–Crippen MR) is 103 cm³/mol. The highest BCUT2D eigenvalue weighted by molar-refractivity contribution is 5.94. The fourth-order valence-electron chi connectivity index (χ4n) is 2.97. The molecule has 0 unspecified atom stereocenters. The molecule has 142 valence electrons. The van der Waals surface area contributed by atoms with Crippen LogP contribution in [0.25, 0.3) is 11.3 Å². The molecule has 4 rings (SSSR count). The number of carbonyl (C=O) groups is 1. The first-order valence-electron chi connectivity index (χ1n) is 9.08. The van der Waals surface area contributed by atoms with Crippen LogP contribution in [0.15, 0.2) is 66.9 Å². The number of hydrogen-bond donors (Lipinski definition) is 1. The number of nitrogens with one attached hydrogen (secondary N) is 1. The SMILES string of the molecule is O=C(NCC[C@@H]1COc2ccccc2O1)c1ccc(-c2ccc(F)cc2)nc1. The van der Waals surface area contributed by atoms with Gasteiger partial charge >= 0.3 is 0 Å². The second kappa shape index (κ2) is 8.08. The minimum atomic E-state index is -0.296. The Morgan fingerprint density at radius 2 is 1.86 bits per heavy atom. The lowest BCUT2D eigenvalue weighted by atomic mass is 10.1. The van der Waals surface area contributed by atoms with Crippen LogP contribution in [0.4, 0.5) is 4.39 Å². The monoisotopic (exact) mass is 378 g/mol. The van der Waals surface area contributed by atoms with E-state index >= 15 is 0 Å². The van der Waals surface area contributed by atoms with Crippen molar-refractivity contribution in [2.24, 2.45) is 0 Å². The third kappa shape index (κ3) is 4.11. The van der Waals surface area contributed by atoms with E-state index in [4.69, 9.17) is 9.47 Å². The molecule has 3 aromatic rings. The van der Waals surface area contributed by atoms with Gasteiger partial charge in [0, 0.05) is 24.7 Å². The van der Waals surface area contributed by atoms with Gasteiger partial charge in [0.2, 0.25) is 0 Å². The molecule has 0 spiro atoms. The van der Waals surface area contributed by atoms with E-state index in [0.29, 0.717) is 30.8 Å². The third-order valence-corrected chi connectivity index (χ3v) is 4.49. The maximum Gasteiger partial charge on any atom is 0.252 e. The quantitative estimate of drug-likeness (QED) is 0.733. The molecule has 1 aromatic heterocycles. The number of para-hydroxylation sites is 2. The molecule has 2 aromatic carbocycles. The van der Waals surface area contributed by atoms with Crippen molar-refractivity contribution < 1.29 is 18.7 Å². The zero-order valence-corrected chi connectivity index (χ0v) is 15.1. The number of fused-ring (bicyclic) bond motifs is 1. The van der Waals surface area contributed by atoms with E-state index in [9.17, 15) is 9.18 Å². The average molecular weight is 378 g/mol. The molecule has 0 saturated carbocycles. The summed E-state index contributed by atoms with van der Waals surface area (Å²) >= 11 is 0. The summed E-state index contributed by atoms with van der Waals surface area (Å²) in [6.07, 6.45) is 2.06. The molecule has 1 amide bonds. The van der Waals surface area contributed by atoms with Crippen molar-refractivity contribution >= 4 is 5.91 Å². The van der Waals surface area contributed by atoms with Crippen LogP contribution >= 0.6 is 0 Å². The Kier molecular flexibility index (Phi) is 5.19. The predicted octanol–water partition coefficient (Wildman–Crippen LogP) is 3.85. The number of benzene rings is 2. The number of ether oxygens (including phenoxy) is 2. The Bertz CT molecular complexity index is 958. The fourth-order valence-corrected chi connectivity index (χ4v) is 2.97. The van der Waals surface area contributed by atoms with Crippen molar-refractivity contribution in [1.29, 1.82) is 0 Å². The number of nitrogens with zero attached hydrogens (tertiary/aromatic N) is 1. The van der Waals surface area contributed by atoms with Crippen LogP contribution in [-0.4, -0.2) is 30.1 Å². The van der Waals surface area contributed by atoms with E-state index in [0.717, 1.165) is 17.1 Å². The van der Waals surface area contributed by atoms with Gasteiger partial charge in [0.25, 0.3) is 5.91 Å². The lowest BCUT2D eigenvalue weighted by molar-refractivity contribution is 0.0812. The molecule has 0 fully saturated rings. The molecule has 0 bridgehead atoms. The summed E-state index contributed by atoms with van der Waals surface area (Å²) in [6, 6.07) is 17.1. The van der Waals surface area contributed by atoms with Gasteiger partial charge in [-0.3, -0.25) is 9.78 Å². The van der Waals surface area contributed by atoms with Gasteiger partial charge in [0.05, 0.1) is 11.3 Å². The summed E-state index contributed by atoms with van der Waals surface area (Å²) in [4.78, 5) is 16.6. The van der Waals surface area contributed by atoms with E-state index in [1.54, 1.807) is 24.3 Å². The molecule has 1 N–H and O–H groups in total. The Morgan fingerprint density at radius 1 is 1.07 bits per heavy atom. The first kappa shape index (κ1) is 18.0. The van der Waals surface area contributed by atoms with Crippen LogP contribution in [0, 0.1) is 5.82 Å². The third-order valence-electron chi connectivity index (χ3n) is 4.49. The lowest BCUT2D eigenvalue weighted by Crippen LogP contribution is -2.34. The Labute approximate surface area is 162 Å². The molecule has 1 aliphatic rings. The van der Waals surface area contributed by atoms with Gasteiger partial charge < -0.3 is 14.8 Å².